The Kier molecular flexibility index (Phi) is 4.56. The molecular formula is C25H22ClN5O3S. The number of fused-ring (bicyclic) bond motifs is 6. The molecule has 3 aromatic carbocycles. The van der Waals surface area contributed by atoms with E-state index >= 15 is 0 Å². The van der Waals surface area contributed by atoms with E-state index in [0.29, 0.717) is 70.8 Å². The van der Waals surface area contributed by atoms with E-state index in [9.17, 15) is 13.2 Å². The third kappa shape index (κ3) is 3.22. The first-order valence-electron chi connectivity index (χ1n) is 11.7. The summed E-state index contributed by atoms with van der Waals surface area (Å²) in [6, 6.07) is 16.0. The van der Waals surface area contributed by atoms with Crippen LogP contribution >= 0.6 is 11.6 Å². The molecule has 7 rings (SSSR count). The molecule has 3 fully saturated rings. The standard InChI is InChI=1S/C25H22ClN5O3S/c26-17-4-1-15-8-18(5-2-14(15)7-17)35(33,34)31-12-21-19-10-30(11-20(19)22(21)13-31)25(32)16-3-6-23-24(9-16)28-29-27-23/h1-9,19-22H,10-13H2,(H,27,28,29)/t19-,20?,21+,22-/m1/s1. The Labute approximate surface area is 206 Å². The molecule has 0 radical (unpaired) electrons. The summed E-state index contributed by atoms with van der Waals surface area (Å²) >= 11 is 6.06. The van der Waals surface area contributed by atoms with E-state index < -0.39 is 10.0 Å². The zero-order valence-electron chi connectivity index (χ0n) is 18.6. The Morgan fingerprint density at radius 1 is 0.829 bits per heavy atom. The lowest BCUT2D eigenvalue weighted by atomic mass is 9.60. The van der Waals surface area contributed by atoms with Crippen molar-refractivity contribution >= 4 is 49.3 Å². The highest BCUT2D eigenvalue weighted by Crippen LogP contribution is 2.55. The van der Waals surface area contributed by atoms with Gasteiger partial charge >= 0.3 is 0 Å². The Hall–Kier alpha value is -3.01. The normalized spacial score (nSPS) is 26.1. The molecule has 3 aliphatic rings. The average molecular weight is 508 g/mol. The maximum absolute atomic E-state index is 13.4. The molecule has 35 heavy (non-hydrogen) atoms. The van der Waals surface area contributed by atoms with E-state index in [1.54, 1.807) is 40.7 Å². The predicted octanol–water partition coefficient (Wildman–Crippen LogP) is 3.40. The van der Waals surface area contributed by atoms with Crippen LogP contribution in [0, 0.1) is 23.7 Å². The largest absolute Gasteiger partial charge is 0.338 e. The zero-order valence-corrected chi connectivity index (χ0v) is 20.2. The van der Waals surface area contributed by atoms with Crippen molar-refractivity contribution in [2.75, 3.05) is 26.2 Å². The second-order valence-corrected chi connectivity index (χ2v) is 12.2. The van der Waals surface area contributed by atoms with Crippen molar-refractivity contribution in [2.24, 2.45) is 23.7 Å². The maximum Gasteiger partial charge on any atom is 0.253 e. The molecule has 0 spiro atoms. The number of amides is 1. The van der Waals surface area contributed by atoms with Gasteiger partial charge in [0, 0.05) is 36.8 Å². The minimum absolute atomic E-state index is 0.00289. The van der Waals surface area contributed by atoms with E-state index in [-0.39, 0.29) is 5.91 Å². The number of H-pyrrole nitrogens is 1. The van der Waals surface area contributed by atoms with Gasteiger partial charge in [0.05, 0.1) is 4.90 Å². The molecule has 4 aromatic rings. The highest BCUT2D eigenvalue weighted by Gasteiger charge is 2.60. The number of hydrogen-bond donors (Lipinski definition) is 1. The number of nitrogens with one attached hydrogen (secondary N) is 1. The molecular weight excluding hydrogens is 486 g/mol. The number of nitrogens with zero attached hydrogens (tertiary/aromatic N) is 4. The van der Waals surface area contributed by atoms with Crippen LogP contribution < -0.4 is 0 Å². The number of benzene rings is 3. The molecule has 1 aromatic heterocycles. The van der Waals surface area contributed by atoms with Gasteiger partial charge in [-0.2, -0.15) is 19.7 Å². The fourth-order valence-corrected chi connectivity index (χ4v) is 8.09. The number of halogens is 1. The van der Waals surface area contributed by atoms with E-state index in [2.05, 4.69) is 15.4 Å². The Morgan fingerprint density at radius 2 is 1.49 bits per heavy atom. The molecule has 3 heterocycles. The Bertz CT molecular complexity index is 1600. The van der Waals surface area contributed by atoms with Gasteiger partial charge in [0.25, 0.3) is 5.91 Å². The van der Waals surface area contributed by atoms with Gasteiger partial charge in [0.15, 0.2) is 0 Å². The molecule has 178 valence electrons. The van der Waals surface area contributed by atoms with Gasteiger partial charge < -0.3 is 4.90 Å². The van der Waals surface area contributed by atoms with Gasteiger partial charge in [0.2, 0.25) is 10.0 Å². The molecule has 8 nitrogen and oxygen atoms in total. The third-order valence-corrected chi connectivity index (χ3v) is 10.2. The van der Waals surface area contributed by atoms with E-state index in [1.807, 2.05) is 23.1 Å². The van der Waals surface area contributed by atoms with Crippen molar-refractivity contribution in [2.45, 2.75) is 4.90 Å². The summed E-state index contributed by atoms with van der Waals surface area (Å²) in [7, 11) is -3.58. The average Bonchev–Trinajstić information content (AvgIpc) is 3.57. The molecule has 2 saturated heterocycles. The highest BCUT2D eigenvalue weighted by atomic mass is 35.5. The molecule has 4 atom stereocenters. The van der Waals surface area contributed by atoms with Crippen molar-refractivity contribution < 1.29 is 13.2 Å². The van der Waals surface area contributed by atoms with Crippen LogP contribution in [0.25, 0.3) is 21.8 Å². The van der Waals surface area contributed by atoms with Crippen molar-refractivity contribution in [1.29, 1.82) is 0 Å². The number of carbonyl (C=O) groups excluding carboxylic acids is 1. The maximum atomic E-state index is 13.4. The minimum Gasteiger partial charge on any atom is -0.338 e. The SMILES string of the molecule is O=C(c1ccc2n[nH]nc2c1)N1CC2[C@@H](C1)[C@@H]1CN(S(=O)(=O)c3ccc4cc(Cl)ccc4c3)C[C@H]21. The monoisotopic (exact) mass is 507 g/mol. The fourth-order valence-electron chi connectivity index (χ4n) is 6.36. The lowest BCUT2D eigenvalue weighted by Crippen LogP contribution is -2.44. The minimum atomic E-state index is -3.58. The summed E-state index contributed by atoms with van der Waals surface area (Å²) in [5, 5.41) is 13.1. The summed E-state index contributed by atoms with van der Waals surface area (Å²) in [5.41, 5.74) is 2.02. The van der Waals surface area contributed by atoms with Gasteiger partial charge in [-0.05, 0) is 76.9 Å². The summed E-state index contributed by atoms with van der Waals surface area (Å²) in [5.74, 6) is 1.29. The smallest absolute Gasteiger partial charge is 0.253 e. The number of aromatic amines is 1. The third-order valence-electron chi connectivity index (χ3n) is 8.15. The van der Waals surface area contributed by atoms with Gasteiger partial charge in [-0.25, -0.2) is 8.42 Å². The van der Waals surface area contributed by atoms with Crippen LogP contribution in [-0.2, 0) is 10.0 Å². The van der Waals surface area contributed by atoms with Crippen molar-refractivity contribution in [3.8, 4) is 0 Å². The number of carbonyl (C=O) groups is 1. The predicted molar refractivity (Wildman–Crippen MR) is 131 cm³/mol. The van der Waals surface area contributed by atoms with Gasteiger partial charge in [-0.3, -0.25) is 4.79 Å². The highest BCUT2D eigenvalue weighted by molar-refractivity contribution is 7.89. The molecule has 1 unspecified atom stereocenters. The first kappa shape index (κ1) is 21.3. The quantitative estimate of drug-likeness (QED) is 0.458. The molecule has 0 bridgehead atoms. The van der Waals surface area contributed by atoms with Crippen LogP contribution in [0.15, 0.2) is 59.5 Å². The van der Waals surface area contributed by atoms with Crippen LogP contribution in [0.4, 0.5) is 0 Å². The lowest BCUT2D eigenvalue weighted by Gasteiger charge is -2.42. The van der Waals surface area contributed by atoms with Gasteiger partial charge in [0.1, 0.15) is 11.0 Å². The number of aromatic nitrogens is 3. The molecule has 2 aliphatic heterocycles. The number of hydrogen-bond acceptors (Lipinski definition) is 5. The van der Waals surface area contributed by atoms with Crippen LogP contribution in [0.2, 0.25) is 5.02 Å². The van der Waals surface area contributed by atoms with E-state index in [1.165, 1.54) is 0 Å². The van der Waals surface area contributed by atoms with Crippen LogP contribution in [0.1, 0.15) is 10.4 Å². The topological polar surface area (TPSA) is 99.3 Å². The number of rotatable bonds is 3. The van der Waals surface area contributed by atoms with Crippen LogP contribution in [-0.4, -0.2) is 65.1 Å². The molecule has 1 N–H and O–H groups in total. The second kappa shape index (κ2) is 7.49. The zero-order chi connectivity index (χ0) is 23.9. The van der Waals surface area contributed by atoms with Gasteiger partial charge in [-0.1, -0.05) is 23.7 Å². The lowest BCUT2D eigenvalue weighted by molar-refractivity contribution is 0.0629. The summed E-state index contributed by atoms with van der Waals surface area (Å²) < 4.78 is 28.5. The molecule has 10 heteroatoms. The summed E-state index contributed by atoms with van der Waals surface area (Å²) in [6.45, 7) is 2.37. The van der Waals surface area contributed by atoms with E-state index in [0.717, 1.165) is 16.3 Å². The second-order valence-electron chi connectivity index (χ2n) is 9.87. The Morgan fingerprint density at radius 3 is 2.26 bits per heavy atom. The van der Waals surface area contributed by atoms with Crippen LogP contribution in [0.5, 0.6) is 0 Å². The first-order chi connectivity index (χ1) is 16.9. The van der Waals surface area contributed by atoms with Gasteiger partial charge in [-0.15, -0.1) is 0 Å². The molecule has 1 aliphatic carbocycles. The molecule has 1 amide bonds. The molecule has 1 saturated carbocycles. The van der Waals surface area contributed by atoms with Crippen molar-refractivity contribution in [1.82, 2.24) is 24.6 Å². The summed E-state index contributed by atoms with van der Waals surface area (Å²) in [4.78, 5) is 15.4. The first-order valence-corrected chi connectivity index (χ1v) is 13.5. The van der Waals surface area contributed by atoms with E-state index in [4.69, 9.17) is 11.6 Å². The van der Waals surface area contributed by atoms with Crippen LogP contribution in [0.3, 0.4) is 0 Å². The number of likely N-dealkylation sites (tertiary alicyclic amines) is 1. The summed E-state index contributed by atoms with van der Waals surface area (Å²) in [6.07, 6.45) is 0. The van der Waals surface area contributed by atoms with Crippen molar-refractivity contribution in [3.05, 3.63) is 65.2 Å². The fraction of sp³-hybridized carbons (Fsp3) is 0.320. The van der Waals surface area contributed by atoms with Crippen molar-refractivity contribution in [3.63, 3.8) is 0 Å². The Balaban J connectivity index is 1.07. The number of sulfonamides is 1.